The number of nitrogens with one attached hydrogen (secondary N) is 3. The van der Waals surface area contributed by atoms with Crippen LogP contribution in [-0.2, 0) is 22.4 Å². The van der Waals surface area contributed by atoms with Gasteiger partial charge < -0.3 is 30.7 Å². The summed E-state index contributed by atoms with van der Waals surface area (Å²) in [6, 6.07) is 13.3. The summed E-state index contributed by atoms with van der Waals surface area (Å²) in [7, 11) is 0. The summed E-state index contributed by atoms with van der Waals surface area (Å²) in [5.74, 6) is -0.179. The fraction of sp³-hybridized carbons (Fsp3) is 0.414. The lowest BCUT2D eigenvalue weighted by molar-refractivity contribution is -0.123. The lowest BCUT2D eigenvalue weighted by Crippen LogP contribution is -2.49. The molecule has 2 amide bonds. The van der Waals surface area contributed by atoms with Crippen molar-refractivity contribution in [1.29, 1.82) is 0 Å². The van der Waals surface area contributed by atoms with Crippen LogP contribution in [0.25, 0.3) is 10.9 Å². The van der Waals surface area contributed by atoms with Crippen molar-refractivity contribution in [2.45, 2.75) is 64.6 Å². The summed E-state index contributed by atoms with van der Waals surface area (Å²) >= 11 is 0. The Labute approximate surface area is 223 Å². The van der Waals surface area contributed by atoms with Gasteiger partial charge in [-0.1, -0.05) is 51.1 Å². The van der Waals surface area contributed by atoms with Crippen molar-refractivity contribution in [1.82, 2.24) is 15.6 Å². The number of amides is 2. The fourth-order valence-electron chi connectivity index (χ4n) is 4.71. The second-order valence-electron chi connectivity index (χ2n) is 9.74. The number of aliphatic hydroxyl groups is 1. The third kappa shape index (κ3) is 7.20. The molecule has 1 saturated heterocycles. The van der Waals surface area contributed by atoms with E-state index in [2.05, 4.69) is 22.5 Å². The third-order valence-electron chi connectivity index (χ3n) is 6.68. The van der Waals surface area contributed by atoms with Crippen molar-refractivity contribution >= 4 is 34.9 Å². The number of hydrogen-bond acceptors (Lipinski definition) is 5. The molecule has 0 spiro atoms. The number of fused-ring (bicyclic) bond motifs is 1. The van der Waals surface area contributed by atoms with E-state index in [-0.39, 0.29) is 24.3 Å². The van der Waals surface area contributed by atoms with Crippen LogP contribution >= 0.6 is 0 Å². The first kappa shape index (κ1) is 28.9. The molecule has 2 aromatic carbocycles. The minimum absolute atomic E-state index is 0.0774. The van der Waals surface area contributed by atoms with Crippen LogP contribution in [0.15, 0.2) is 48.7 Å². The van der Waals surface area contributed by atoms with E-state index < -0.39 is 12.1 Å². The summed E-state index contributed by atoms with van der Waals surface area (Å²) in [4.78, 5) is 39.5. The minimum Gasteiger partial charge on any atom is -0.483 e. The predicted octanol–water partition coefficient (Wildman–Crippen LogP) is 3.26. The van der Waals surface area contributed by atoms with Crippen LogP contribution in [0.3, 0.4) is 0 Å². The molecule has 0 bridgehead atoms. The zero-order valence-corrected chi connectivity index (χ0v) is 22.2. The molecule has 5 N–H and O–H groups in total. The Morgan fingerprint density at radius 1 is 1.21 bits per heavy atom. The molecule has 204 valence electrons. The molecule has 38 heavy (non-hydrogen) atoms. The van der Waals surface area contributed by atoms with E-state index in [9.17, 15) is 14.7 Å². The van der Waals surface area contributed by atoms with Crippen molar-refractivity contribution < 1.29 is 24.6 Å². The minimum atomic E-state index is -0.761. The van der Waals surface area contributed by atoms with Crippen LogP contribution in [0.2, 0.25) is 0 Å². The maximum atomic E-state index is 13.5. The summed E-state index contributed by atoms with van der Waals surface area (Å²) in [6.45, 7) is 6.89. The van der Waals surface area contributed by atoms with Crippen LogP contribution in [0, 0.1) is 0 Å². The predicted molar refractivity (Wildman–Crippen MR) is 149 cm³/mol. The number of benzene rings is 2. The molecule has 2 heterocycles. The highest BCUT2D eigenvalue weighted by molar-refractivity contribution is 6.08. The van der Waals surface area contributed by atoms with E-state index in [1.165, 1.54) is 0 Å². The number of rotatable bonds is 10. The van der Waals surface area contributed by atoms with Crippen molar-refractivity contribution in [3.8, 4) is 0 Å². The first-order valence-electron chi connectivity index (χ1n) is 13.1. The van der Waals surface area contributed by atoms with Crippen LogP contribution in [0.4, 0.5) is 5.69 Å². The van der Waals surface area contributed by atoms with Gasteiger partial charge in [0, 0.05) is 42.7 Å². The number of carboxylic acid groups (broad SMARTS) is 1. The number of aliphatic hydroxyl groups excluding tert-OH is 1. The van der Waals surface area contributed by atoms with Gasteiger partial charge in [-0.25, -0.2) is 0 Å². The Balaban J connectivity index is 0.00000127. The van der Waals surface area contributed by atoms with Gasteiger partial charge in [0.1, 0.15) is 0 Å². The van der Waals surface area contributed by atoms with Gasteiger partial charge in [0.25, 0.3) is 12.4 Å². The standard InChI is InChI=1S/C28H36N4O3.CH2O2/c1-4-20-16-30-27-22(20)14-21(15-24(27)32-12-8-11-26(32)34)28(35)31-23(25(33)17-29-18(2)3)13-19-9-6-5-7-10-19;2-1-3/h5-7,9-10,14-16,18,23,25,29-30,33H,4,8,11-13,17H2,1-3H3,(H,31,35);1H,(H,2,3)/t23-,25+;/m0./s1. The molecule has 1 aliphatic heterocycles. The lowest BCUT2D eigenvalue weighted by atomic mass is 9.99. The van der Waals surface area contributed by atoms with E-state index in [1.54, 1.807) is 11.0 Å². The smallest absolute Gasteiger partial charge is 0.290 e. The van der Waals surface area contributed by atoms with Crippen molar-refractivity contribution in [3.05, 3.63) is 65.4 Å². The van der Waals surface area contributed by atoms with Crippen LogP contribution in [-0.4, -0.2) is 64.8 Å². The number of H-pyrrole nitrogens is 1. The first-order chi connectivity index (χ1) is 18.3. The van der Waals surface area contributed by atoms with Gasteiger partial charge >= 0.3 is 0 Å². The molecule has 9 heteroatoms. The molecule has 1 aliphatic rings. The molecular formula is C29H38N4O5. The van der Waals surface area contributed by atoms with Crippen LogP contribution in [0.1, 0.15) is 55.1 Å². The number of carbonyl (C=O) groups is 3. The maximum Gasteiger partial charge on any atom is 0.290 e. The molecule has 0 saturated carbocycles. The second-order valence-corrected chi connectivity index (χ2v) is 9.74. The summed E-state index contributed by atoms with van der Waals surface area (Å²) in [6.07, 6.45) is 3.85. The monoisotopic (exact) mass is 522 g/mol. The summed E-state index contributed by atoms with van der Waals surface area (Å²) in [5, 5.41) is 25.2. The number of anilines is 1. The number of aromatic amines is 1. The number of carbonyl (C=O) groups excluding carboxylic acids is 2. The third-order valence-corrected chi connectivity index (χ3v) is 6.68. The van der Waals surface area contributed by atoms with E-state index in [0.29, 0.717) is 31.5 Å². The SMILES string of the molecule is CCc1c[nH]c2c(N3CCCC3=O)cc(C(=O)N[C@@H](Cc3ccccc3)[C@H](O)CNC(C)C)cc12.O=CO. The van der Waals surface area contributed by atoms with E-state index in [4.69, 9.17) is 9.90 Å². The molecule has 4 rings (SSSR count). The highest BCUT2D eigenvalue weighted by Gasteiger charge is 2.27. The first-order valence-corrected chi connectivity index (χ1v) is 13.1. The Kier molecular flexibility index (Phi) is 10.4. The molecule has 1 fully saturated rings. The van der Waals surface area contributed by atoms with Gasteiger partial charge in [-0.3, -0.25) is 14.4 Å². The molecular weight excluding hydrogens is 484 g/mol. The topological polar surface area (TPSA) is 135 Å². The Bertz CT molecular complexity index is 1220. The number of nitrogens with zero attached hydrogens (tertiary/aromatic N) is 1. The summed E-state index contributed by atoms with van der Waals surface area (Å²) < 4.78 is 0. The Morgan fingerprint density at radius 2 is 1.92 bits per heavy atom. The molecule has 0 radical (unpaired) electrons. The van der Waals surface area contributed by atoms with Crippen molar-refractivity contribution in [2.75, 3.05) is 18.0 Å². The van der Waals surface area contributed by atoms with E-state index in [0.717, 1.165) is 40.6 Å². The molecule has 3 aromatic rings. The number of aromatic nitrogens is 1. The number of hydrogen-bond donors (Lipinski definition) is 5. The zero-order valence-electron chi connectivity index (χ0n) is 22.2. The average molecular weight is 523 g/mol. The molecule has 0 aliphatic carbocycles. The lowest BCUT2D eigenvalue weighted by Gasteiger charge is -2.26. The second kappa shape index (κ2) is 13.7. The molecule has 9 nitrogen and oxygen atoms in total. The molecule has 2 atom stereocenters. The summed E-state index contributed by atoms with van der Waals surface area (Å²) in [5.41, 5.74) is 4.26. The van der Waals surface area contributed by atoms with E-state index in [1.807, 2.05) is 56.4 Å². The van der Waals surface area contributed by atoms with Gasteiger partial charge in [-0.05, 0) is 42.5 Å². The van der Waals surface area contributed by atoms with Crippen LogP contribution < -0.4 is 15.5 Å². The highest BCUT2D eigenvalue weighted by Crippen LogP contribution is 2.33. The quantitative estimate of drug-likeness (QED) is 0.260. The largest absolute Gasteiger partial charge is 0.483 e. The van der Waals surface area contributed by atoms with Crippen molar-refractivity contribution in [2.24, 2.45) is 0 Å². The van der Waals surface area contributed by atoms with Gasteiger partial charge in [-0.2, -0.15) is 0 Å². The Morgan fingerprint density at radius 3 is 2.53 bits per heavy atom. The Hall–Kier alpha value is -3.69. The number of aryl methyl sites for hydroxylation is 1. The molecule has 1 aromatic heterocycles. The van der Waals surface area contributed by atoms with Gasteiger partial charge in [0.2, 0.25) is 5.91 Å². The van der Waals surface area contributed by atoms with Crippen molar-refractivity contribution in [3.63, 3.8) is 0 Å². The van der Waals surface area contributed by atoms with Gasteiger partial charge in [0.05, 0.1) is 23.3 Å². The zero-order chi connectivity index (χ0) is 27.7. The van der Waals surface area contributed by atoms with Gasteiger partial charge in [-0.15, -0.1) is 0 Å². The molecule has 0 unspecified atom stereocenters. The normalized spacial score (nSPS) is 14.8. The fourth-order valence-corrected chi connectivity index (χ4v) is 4.71. The van der Waals surface area contributed by atoms with Gasteiger partial charge in [0.15, 0.2) is 0 Å². The average Bonchev–Trinajstić information content (AvgIpc) is 3.53. The maximum absolute atomic E-state index is 13.5. The van der Waals surface area contributed by atoms with E-state index >= 15 is 0 Å². The highest BCUT2D eigenvalue weighted by atomic mass is 16.3. The van der Waals surface area contributed by atoms with Crippen LogP contribution in [0.5, 0.6) is 0 Å².